The van der Waals surface area contributed by atoms with Crippen molar-refractivity contribution in [3.8, 4) is 17.3 Å². The van der Waals surface area contributed by atoms with E-state index in [4.69, 9.17) is 9.72 Å². The molecule has 212 valence electrons. The first-order valence-corrected chi connectivity index (χ1v) is 13.5. The van der Waals surface area contributed by atoms with E-state index in [0.717, 1.165) is 37.6 Å². The Morgan fingerprint density at radius 2 is 1.85 bits per heavy atom. The summed E-state index contributed by atoms with van der Waals surface area (Å²) in [5, 5.41) is 8.13. The minimum absolute atomic E-state index is 0.129. The molecule has 1 aliphatic heterocycles. The van der Waals surface area contributed by atoms with Crippen LogP contribution in [0.1, 0.15) is 62.9 Å². The van der Waals surface area contributed by atoms with Crippen LogP contribution in [0.2, 0.25) is 0 Å². The molecule has 0 spiro atoms. The number of fused-ring (bicyclic) bond motifs is 1. The van der Waals surface area contributed by atoms with Gasteiger partial charge >= 0.3 is 6.18 Å². The highest BCUT2D eigenvalue weighted by Crippen LogP contribution is 2.45. The molecule has 5 heterocycles. The number of ether oxygens (including phenoxy) is 1. The van der Waals surface area contributed by atoms with Crippen LogP contribution in [0.3, 0.4) is 0 Å². The Labute approximate surface area is 228 Å². The molecule has 0 unspecified atom stereocenters. The Morgan fingerprint density at radius 3 is 2.52 bits per heavy atom. The van der Waals surface area contributed by atoms with Crippen LogP contribution in [-0.2, 0) is 6.18 Å². The van der Waals surface area contributed by atoms with Crippen LogP contribution < -0.4 is 15.0 Å². The zero-order chi connectivity index (χ0) is 28.0. The number of hydrogen-bond donors (Lipinski definition) is 1. The minimum atomic E-state index is -4.47. The van der Waals surface area contributed by atoms with Gasteiger partial charge in [-0.3, -0.25) is 0 Å². The van der Waals surface area contributed by atoms with E-state index in [2.05, 4.69) is 30.4 Å². The molecule has 2 fully saturated rings. The van der Waals surface area contributed by atoms with Gasteiger partial charge in [-0.15, -0.1) is 5.10 Å². The van der Waals surface area contributed by atoms with Gasteiger partial charge in [0.15, 0.2) is 23.0 Å². The first-order chi connectivity index (χ1) is 19.2. The predicted octanol–water partition coefficient (Wildman–Crippen LogP) is 4.59. The van der Waals surface area contributed by atoms with Crippen LogP contribution >= 0.6 is 0 Å². The molecule has 4 aromatic heterocycles. The molecular formula is C26H31F3N10O. The normalized spacial score (nSPS) is 16.7. The van der Waals surface area contributed by atoms with Gasteiger partial charge in [-0.25, -0.2) is 29.4 Å². The van der Waals surface area contributed by atoms with E-state index in [-0.39, 0.29) is 6.04 Å². The highest BCUT2D eigenvalue weighted by atomic mass is 19.4. The van der Waals surface area contributed by atoms with Gasteiger partial charge < -0.3 is 19.5 Å². The molecule has 0 bridgehead atoms. The molecule has 1 N–H and O–H groups in total. The Hall–Kier alpha value is -3.97. The summed E-state index contributed by atoms with van der Waals surface area (Å²) >= 11 is 0. The first kappa shape index (κ1) is 26.3. The quantitative estimate of drug-likeness (QED) is 0.333. The summed E-state index contributed by atoms with van der Waals surface area (Å²) in [7, 11) is 1.57. The van der Waals surface area contributed by atoms with Gasteiger partial charge in [-0.1, -0.05) is 0 Å². The fourth-order valence-electron chi connectivity index (χ4n) is 5.18. The molecule has 1 aliphatic carbocycles. The number of piperidine rings is 1. The maximum atomic E-state index is 13.3. The highest BCUT2D eigenvalue weighted by Gasteiger charge is 2.36. The summed E-state index contributed by atoms with van der Waals surface area (Å²) in [6.07, 6.45) is 5.29. The number of methoxy groups -OCH3 is 1. The second-order valence-corrected chi connectivity index (χ2v) is 10.6. The fraction of sp³-hybridized carbons (Fsp3) is 0.538. The van der Waals surface area contributed by atoms with E-state index in [1.807, 2.05) is 18.7 Å². The summed E-state index contributed by atoms with van der Waals surface area (Å²) in [6, 6.07) is -0.129. The van der Waals surface area contributed by atoms with Crippen molar-refractivity contribution < 1.29 is 17.9 Å². The number of halogens is 3. The number of nitrogens with zero attached hydrogens (tertiary/aromatic N) is 9. The van der Waals surface area contributed by atoms with Crippen molar-refractivity contribution in [1.82, 2.24) is 39.1 Å². The summed E-state index contributed by atoms with van der Waals surface area (Å²) in [6.45, 7) is 5.59. The maximum Gasteiger partial charge on any atom is 0.434 e. The predicted molar refractivity (Wildman–Crippen MR) is 141 cm³/mol. The number of anilines is 2. The van der Waals surface area contributed by atoms with Crippen LogP contribution in [0.5, 0.6) is 5.88 Å². The van der Waals surface area contributed by atoms with Gasteiger partial charge in [0.05, 0.1) is 12.8 Å². The minimum Gasteiger partial charge on any atom is -0.480 e. The van der Waals surface area contributed by atoms with Gasteiger partial charge in [-0.05, 0) is 45.4 Å². The smallest absolute Gasteiger partial charge is 0.434 e. The monoisotopic (exact) mass is 556 g/mol. The number of nitrogens with one attached hydrogen (secondary N) is 1. The third-order valence-corrected chi connectivity index (χ3v) is 7.49. The molecular weight excluding hydrogens is 525 g/mol. The molecule has 0 amide bonds. The lowest BCUT2D eigenvalue weighted by Crippen LogP contribution is -2.37. The number of aromatic nitrogens is 8. The van der Waals surface area contributed by atoms with Crippen molar-refractivity contribution >= 4 is 17.4 Å². The molecule has 11 nitrogen and oxygen atoms in total. The maximum absolute atomic E-state index is 13.3. The molecule has 14 heteroatoms. The Morgan fingerprint density at radius 1 is 1.07 bits per heavy atom. The molecule has 1 saturated heterocycles. The average molecular weight is 557 g/mol. The molecule has 2 aliphatic rings. The standard InChI is InChI=1S/C26H31F3N10O/c1-15(2)38-13-18(26(27,28)29)34-25(38)37-9-6-16(7-10-37)12-31-22-23-30-8-11-39(23)36-21(35-22)19-20(17-4-5-17)32-14-33-24(19)40-3/h8,11,13-17H,4-7,9-10,12H2,1-3H3,(H,31,35,36). The summed E-state index contributed by atoms with van der Waals surface area (Å²) in [5.74, 6) is 2.50. The summed E-state index contributed by atoms with van der Waals surface area (Å²) in [4.78, 5) is 24.0. The van der Waals surface area contributed by atoms with Crippen molar-refractivity contribution in [2.24, 2.45) is 5.92 Å². The zero-order valence-corrected chi connectivity index (χ0v) is 22.6. The lowest BCUT2D eigenvalue weighted by molar-refractivity contribution is -0.140. The largest absolute Gasteiger partial charge is 0.480 e. The van der Waals surface area contributed by atoms with E-state index in [0.29, 0.717) is 66.2 Å². The zero-order valence-electron chi connectivity index (χ0n) is 22.6. The fourth-order valence-corrected chi connectivity index (χ4v) is 5.18. The van der Waals surface area contributed by atoms with Crippen LogP contribution in [0.15, 0.2) is 24.9 Å². The SMILES string of the molecule is COc1ncnc(C2CC2)c1-c1nc(NCC2CCN(c3nc(C(F)(F)F)cn3C(C)C)CC2)c2nccn2n1. The molecule has 4 aromatic rings. The van der Waals surface area contributed by atoms with Crippen molar-refractivity contribution in [1.29, 1.82) is 0 Å². The van der Waals surface area contributed by atoms with Gasteiger partial charge in [0.1, 0.15) is 11.9 Å². The van der Waals surface area contributed by atoms with Gasteiger partial charge in [0.2, 0.25) is 11.8 Å². The average Bonchev–Trinajstić information content (AvgIpc) is 3.48. The van der Waals surface area contributed by atoms with E-state index < -0.39 is 11.9 Å². The molecule has 40 heavy (non-hydrogen) atoms. The highest BCUT2D eigenvalue weighted by molar-refractivity contribution is 5.70. The van der Waals surface area contributed by atoms with Crippen molar-refractivity contribution in [3.05, 3.63) is 36.3 Å². The topological polar surface area (TPSA) is 111 Å². The molecule has 0 aromatic carbocycles. The third kappa shape index (κ3) is 5.02. The number of rotatable bonds is 8. The molecule has 1 saturated carbocycles. The van der Waals surface area contributed by atoms with E-state index >= 15 is 0 Å². The van der Waals surface area contributed by atoms with E-state index in [1.54, 1.807) is 28.6 Å². The molecule has 0 atom stereocenters. The first-order valence-electron chi connectivity index (χ1n) is 13.5. The summed E-state index contributed by atoms with van der Waals surface area (Å²) in [5.41, 5.74) is 1.33. The van der Waals surface area contributed by atoms with Gasteiger partial charge in [-0.2, -0.15) is 13.2 Å². The number of hydrogen-bond acceptors (Lipinski definition) is 9. The van der Waals surface area contributed by atoms with Crippen LogP contribution in [0.4, 0.5) is 24.9 Å². The van der Waals surface area contributed by atoms with Crippen molar-refractivity contribution in [3.63, 3.8) is 0 Å². The van der Waals surface area contributed by atoms with Crippen LogP contribution in [0.25, 0.3) is 17.0 Å². The number of alkyl halides is 3. The third-order valence-electron chi connectivity index (χ3n) is 7.49. The lowest BCUT2D eigenvalue weighted by Gasteiger charge is -2.33. The Kier molecular flexibility index (Phi) is 6.70. The second-order valence-electron chi connectivity index (χ2n) is 10.6. The Balaban J connectivity index is 1.19. The van der Waals surface area contributed by atoms with E-state index in [9.17, 15) is 13.2 Å². The van der Waals surface area contributed by atoms with E-state index in [1.165, 1.54) is 6.33 Å². The van der Waals surface area contributed by atoms with Gasteiger partial charge in [0.25, 0.3) is 0 Å². The number of imidazole rings is 2. The van der Waals surface area contributed by atoms with Crippen molar-refractivity contribution in [2.45, 2.75) is 57.7 Å². The van der Waals surface area contributed by atoms with Gasteiger partial charge in [0, 0.05) is 50.2 Å². The Bertz CT molecular complexity index is 1500. The second kappa shape index (κ2) is 10.2. The molecule has 6 rings (SSSR count). The van der Waals surface area contributed by atoms with Crippen LogP contribution in [0, 0.1) is 5.92 Å². The molecule has 0 radical (unpaired) electrons. The van der Waals surface area contributed by atoms with Crippen LogP contribution in [-0.4, -0.2) is 65.8 Å². The summed E-state index contributed by atoms with van der Waals surface area (Å²) < 4.78 is 48.8. The van der Waals surface area contributed by atoms with Crippen molar-refractivity contribution in [2.75, 3.05) is 37.0 Å². The lowest BCUT2D eigenvalue weighted by atomic mass is 9.97.